The highest BCUT2D eigenvalue weighted by Gasteiger charge is 2.19. The summed E-state index contributed by atoms with van der Waals surface area (Å²) in [6, 6.07) is 2.52. The fourth-order valence-corrected chi connectivity index (χ4v) is 2.50. The summed E-state index contributed by atoms with van der Waals surface area (Å²) in [6.07, 6.45) is 5.22. The third-order valence-electron chi connectivity index (χ3n) is 3.54. The predicted octanol–water partition coefficient (Wildman–Crippen LogP) is 0.547. The molecule has 21 heavy (non-hydrogen) atoms. The largest absolute Gasteiger partial charge is 0.352 e. The van der Waals surface area contributed by atoms with Gasteiger partial charge in [0.15, 0.2) is 5.69 Å². The molecular formula is C14H17N7. The zero-order valence-electron chi connectivity index (χ0n) is 12.1. The molecule has 0 radical (unpaired) electrons. The highest BCUT2D eigenvalue weighted by Crippen LogP contribution is 2.22. The smallest absolute Gasteiger partial charge is 0.167 e. The quantitative estimate of drug-likeness (QED) is 0.866. The van der Waals surface area contributed by atoms with Crippen LogP contribution in [0.5, 0.6) is 0 Å². The molecule has 1 unspecified atom stereocenters. The van der Waals surface area contributed by atoms with Crippen molar-refractivity contribution < 1.29 is 0 Å². The van der Waals surface area contributed by atoms with Gasteiger partial charge in [-0.15, -0.1) is 0 Å². The monoisotopic (exact) mass is 283 g/mol. The predicted molar refractivity (Wildman–Crippen MR) is 78.6 cm³/mol. The van der Waals surface area contributed by atoms with Gasteiger partial charge in [0.25, 0.3) is 0 Å². The van der Waals surface area contributed by atoms with Crippen LogP contribution in [0.2, 0.25) is 0 Å². The molecule has 1 N–H and O–H groups in total. The standard InChI is InChI=1S/C14H17N7/c1-10-8-21(4-3-16-10)13-7-17-12(5-15)14(19-13)11-6-18-20(2)9-11/h6-7,9-10,16H,3-4,8H2,1-2H3. The molecule has 0 amide bonds. The lowest BCUT2D eigenvalue weighted by Gasteiger charge is -2.32. The maximum Gasteiger partial charge on any atom is 0.167 e. The zero-order chi connectivity index (χ0) is 14.8. The van der Waals surface area contributed by atoms with Crippen molar-refractivity contribution in [2.75, 3.05) is 24.5 Å². The van der Waals surface area contributed by atoms with Crippen LogP contribution in [-0.2, 0) is 7.05 Å². The number of anilines is 1. The van der Waals surface area contributed by atoms with E-state index in [-0.39, 0.29) is 0 Å². The Morgan fingerprint density at radius 2 is 2.29 bits per heavy atom. The topological polar surface area (TPSA) is 82.7 Å². The summed E-state index contributed by atoms with van der Waals surface area (Å²) in [4.78, 5) is 11.1. The van der Waals surface area contributed by atoms with Crippen LogP contribution in [0.25, 0.3) is 11.3 Å². The molecule has 1 saturated heterocycles. The Morgan fingerprint density at radius 1 is 1.43 bits per heavy atom. The van der Waals surface area contributed by atoms with Crippen molar-refractivity contribution in [3.05, 3.63) is 24.3 Å². The van der Waals surface area contributed by atoms with Crippen LogP contribution < -0.4 is 10.2 Å². The van der Waals surface area contributed by atoms with Crippen LogP contribution in [0.15, 0.2) is 18.6 Å². The van der Waals surface area contributed by atoms with Gasteiger partial charge in [0.05, 0.1) is 12.4 Å². The fraction of sp³-hybridized carbons (Fsp3) is 0.429. The molecule has 7 nitrogen and oxygen atoms in total. The summed E-state index contributed by atoms with van der Waals surface area (Å²) in [5.41, 5.74) is 1.73. The molecule has 1 atom stereocenters. The Kier molecular flexibility index (Phi) is 3.54. The third-order valence-corrected chi connectivity index (χ3v) is 3.54. The molecule has 0 bridgehead atoms. The highest BCUT2D eigenvalue weighted by molar-refractivity contribution is 5.65. The van der Waals surface area contributed by atoms with Crippen LogP contribution in [0.4, 0.5) is 5.82 Å². The average molecular weight is 283 g/mol. The molecule has 1 aliphatic heterocycles. The number of piperazine rings is 1. The number of hydrogen-bond acceptors (Lipinski definition) is 6. The molecule has 0 aliphatic carbocycles. The highest BCUT2D eigenvalue weighted by atomic mass is 15.3. The van der Waals surface area contributed by atoms with Gasteiger partial charge in [-0.2, -0.15) is 10.4 Å². The van der Waals surface area contributed by atoms with Crippen molar-refractivity contribution in [3.63, 3.8) is 0 Å². The lowest BCUT2D eigenvalue weighted by atomic mass is 10.2. The number of nitrogens with one attached hydrogen (secondary N) is 1. The van der Waals surface area contributed by atoms with Gasteiger partial charge in [0.1, 0.15) is 17.6 Å². The van der Waals surface area contributed by atoms with Crippen LogP contribution in [0, 0.1) is 11.3 Å². The van der Waals surface area contributed by atoms with E-state index >= 15 is 0 Å². The molecule has 2 aromatic rings. The van der Waals surface area contributed by atoms with E-state index in [1.807, 2.05) is 13.2 Å². The minimum Gasteiger partial charge on any atom is -0.352 e. The van der Waals surface area contributed by atoms with E-state index in [9.17, 15) is 5.26 Å². The van der Waals surface area contributed by atoms with E-state index < -0.39 is 0 Å². The van der Waals surface area contributed by atoms with Crippen LogP contribution in [0.3, 0.4) is 0 Å². The van der Waals surface area contributed by atoms with Crippen molar-refractivity contribution >= 4 is 5.82 Å². The van der Waals surface area contributed by atoms with Crippen LogP contribution in [-0.4, -0.2) is 45.4 Å². The maximum absolute atomic E-state index is 9.23. The SMILES string of the molecule is CC1CN(c2cnc(C#N)c(-c3cnn(C)c3)n2)CCN1. The van der Waals surface area contributed by atoms with E-state index in [1.165, 1.54) is 0 Å². The molecule has 2 aromatic heterocycles. The van der Waals surface area contributed by atoms with Gasteiger partial charge in [-0.05, 0) is 6.92 Å². The first-order valence-electron chi connectivity index (χ1n) is 6.92. The van der Waals surface area contributed by atoms with Gasteiger partial charge >= 0.3 is 0 Å². The summed E-state index contributed by atoms with van der Waals surface area (Å²) in [6.45, 7) is 4.83. The number of nitriles is 1. The van der Waals surface area contributed by atoms with E-state index in [0.717, 1.165) is 31.0 Å². The van der Waals surface area contributed by atoms with E-state index in [4.69, 9.17) is 0 Å². The zero-order valence-corrected chi connectivity index (χ0v) is 12.1. The molecular weight excluding hydrogens is 266 g/mol. The van der Waals surface area contributed by atoms with Crippen molar-refractivity contribution in [1.82, 2.24) is 25.1 Å². The first-order chi connectivity index (χ1) is 10.2. The second-order valence-corrected chi connectivity index (χ2v) is 5.24. The fourth-order valence-electron chi connectivity index (χ4n) is 2.50. The van der Waals surface area contributed by atoms with E-state index in [1.54, 1.807) is 17.1 Å². The lowest BCUT2D eigenvalue weighted by molar-refractivity contribution is 0.482. The van der Waals surface area contributed by atoms with Gasteiger partial charge in [-0.1, -0.05) is 0 Å². The summed E-state index contributed by atoms with van der Waals surface area (Å²) in [5, 5.41) is 16.8. The molecule has 0 saturated carbocycles. The molecule has 0 spiro atoms. The molecule has 1 fully saturated rings. The number of hydrogen-bond donors (Lipinski definition) is 1. The number of nitrogens with zero attached hydrogens (tertiary/aromatic N) is 6. The van der Waals surface area contributed by atoms with Crippen molar-refractivity contribution in [3.8, 4) is 17.3 Å². The van der Waals surface area contributed by atoms with Crippen LogP contribution >= 0.6 is 0 Å². The Morgan fingerprint density at radius 3 is 2.95 bits per heavy atom. The minimum absolute atomic E-state index is 0.329. The van der Waals surface area contributed by atoms with Gasteiger partial charge in [-0.25, -0.2) is 9.97 Å². The molecule has 1 aliphatic rings. The van der Waals surface area contributed by atoms with Crippen LogP contribution in [0.1, 0.15) is 12.6 Å². The molecule has 7 heteroatoms. The minimum atomic E-state index is 0.329. The second kappa shape index (κ2) is 5.50. The summed E-state index contributed by atoms with van der Waals surface area (Å²) in [7, 11) is 1.84. The second-order valence-electron chi connectivity index (χ2n) is 5.24. The Bertz CT molecular complexity index is 685. The Balaban J connectivity index is 1.99. The lowest BCUT2D eigenvalue weighted by Crippen LogP contribution is -2.49. The normalized spacial score (nSPS) is 18.5. The van der Waals surface area contributed by atoms with Gasteiger partial charge in [0.2, 0.25) is 0 Å². The average Bonchev–Trinajstić information content (AvgIpc) is 2.93. The summed E-state index contributed by atoms with van der Waals surface area (Å²) >= 11 is 0. The molecule has 3 rings (SSSR count). The maximum atomic E-state index is 9.23. The van der Waals surface area contributed by atoms with Crippen molar-refractivity contribution in [2.45, 2.75) is 13.0 Å². The molecule has 108 valence electrons. The first kappa shape index (κ1) is 13.5. The van der Waals surface area contributed by atoms with Crippen molar-refractivity contribution in [2.24, 2.45) is 7.05 Å². The number of aryl methyl sites for hydroxylation is 1. The van der Waals surface area contributed by atoms with Gasteiger partial charge in [0, 0.05) is 44.5 Å². The van der Waals surface area contributed by atoms with Gasteiger partial charge in [-0.3, -0.25) is 4.68 Å². The summed E-state index contributed by atoms with van der Waals surface area (Å²) < 4.78 is 1.69. The van der Waals surface area contributed by atoms with E-state index in [2.05, 4.69) is 38.3 Å². The van der Waals surface area contributed by atoms with Crippen molar-refractivity contribution in [1.29, 1.82) is 5.26 Å². The van der Waals surface area contributed by atoms with Gasteiger partial charge < -0.3 is 10.2 Å². The third kappa shape index (κ3) is 2.71. The Labute approximate surface area is 123 Å². The molecule has 0 aromatic carbocycles. The number of aromatic nitrogens is 4. The van der Waals surface area contributed by atoms with E-state index in [0.29, 0.717) is 17.4 Å². The number of rotatable bonds is 2. The molecule has 3 heterocycles. The summed E-state index contributed by atoms with van der Waals surface area (Å²) in [5.74, 6) is 0.807. The Hall–Kier alpha value is -2.46. The first-order valence-corrected chi connectivity index (χ1v) is 6.92.